The van der Waals surface area contributed by atoms with Gasteiger partial charge in [0, 0.05) is 39.1 Å². The van der Waals surface area contributed by atoms with Crippen LogP contribution in [0, 0.1) is 0 Å². The Morgan fingerprint density at radius 3 is 2.79 bits per heavy atom. The molecule has 0 fully saturated rings. The van der Waals surface area contributed by atoms with Crippen molar-refractivity contribution < 1.29 is 0 Å². The van der Waals surface area contributed by atoms with Crippen LogP contribution in [0.2, 0.25) is 5.28 Å². The van der Waals surface area contributed by atoms with Gasteiger partial charge in [0.25, 0.3) is 0 Å². The minimum Gasteiger partial charge on any atom is -0.350 e. The molecular weight excluding hydrogens is 266 g/mol. The fraction of sp³-hybridized carbons (Fsp3) is 0.455. The van der Waals surface area contributed by atoms with Gasteiger partial charge in [-0.3, -0.25) is 0 Å². The molecule has 0 aliphatic rings. The Balaban J connectivity index is 2.05. The van der Waals surface area contributed by atoms with Crippen LogP contribution >= 0.6 is 11.6 Å². The Morgan fingerprint density at radius 1 is 1.37 bits per heavy atom. The summed E-state index contributed by atoms with van der Waals surface area (Å²) in [5, 5.41) is 3.37. The number of nitrogens with one attached hydrogen (secondary N) is 1. The number of rotatable bonds is 5. The van der Waals surface area contributed by atoms with E-state index in [1.165, 1.54) is 0 Å². The van der Waals surface area contributed by atoms with Crippen molar-refractivity contribution >= 4 is 23.5 Å². The molecule has 2 aromatic heterocycles. The number of aromatic nitrogens is 5. The molecule has 8 heteroatoms. The summed E-state index contributed by atoms with van der Waals surface area (Å²) in [5.74, 6) is 0.994. The smallest absolute Gasteiger partial charge is 0.230 e. The third-order valence-corrected chi connectivity index (χ3v) is 2.58. The summed E-state index contributed by atoms with van der Waals surface area (Å²) in [4.78, 5) is 18.2. The van der Waals surface area contributed by atoms with E-state index < -0.39 is 0 Å². The quantitative estimate of drug-likeness (QED) is 0.890. The fourth-order valence-corrected chi connectivity index (χ4v) is 1.74. The number of halogens is 1. The lowest BCUT2D eigenvalue weighted by atomic mass is 10.3. The minimum absolute atomic E-state index is 0.141. The normalized spacial score (nSPS) is 12.2. The number of hydrogen-bond acceptors (Lipinski definition) is 6. The molecule has 7 nitrogen and oxygen atoms in total. The molecule has 0 spiro atoms. The van der Waals surface area contributed by atoms with E-state index in [1.807, 2.05) is 31.8 Å². The van der Waals surface area contributed by atoms with Crippen molar-refractivity contribution in [3.63, 3.8) is 0 Å². The van der Waals surface area contributed by atoms with Crippen LogP contribution in [0.15, 0.2) is 18.7 Å². The molecule has 19 heavy (non-hydrogen) atoms. The Hall–Kier alpha value is -1.89. The summed E-state index contributed by atoms with van der Waals surface area (Å²) < 4.78 is 1.98. The standard InChI is InChI=1S/C11H16ClN7/c1-8(6-19-5-4-13-7-19)14-10-15-9(12)16-11(17-10)18(2)3/h4-5,7-8H,6H2,1-3H3,(H,14,15,16,17). The molecule has 0 saturated heterocycles. The zero-order valence-electron chi connectivity index (χ0n) is 11.1. The van der Waals surface area contributed by atoms with E-state index >= 15 is 0 Å². The molecule has 0 aliphatic carbocycles. The van der Waals surface area contributed by atoms with E-state index in [0.29, 0.717) is 11.9 Å². The van der Waals surface area contributed by atoms with Gasteiger partial charge >= 0.3 is 0 Å². The van der Waals surface area contributed by atoms with Crippen LogP contribution in [0.4, 0.5) is 11.9 Å². The van der Waals surface area contributed by atoms with Gasteiger partial charge < -0.3 is 14.8 Å². The van der Waals surface area contributed by atoms with Crippen LogP contribution in [0.3, 0.4) is 0 Å². The summed E-state index contributed by atoms with van der Waals surface area (Å²) >= 11 is 5.88. The van der Waals surface area contributed by atoms with E-state index in [1.54, 1.807) is 17.4 Å². The van der Waals surface area contributed by atoms with Crippen LogP contribution < -0.4 is 10.2 Å². The second-order valence-corrected chi connectivity index (χ2v) is 4.77. The zero-order chi connectivity index (χ0) is 13.8. The van der Waals surface area contributed by atoms with Crippen LogP contribution in [0.25, 0.3) is 0 Å². The van der Waals surface area contributed by atoms with Gasteiger partial charge in [-0.15, -0.1) is 0 Å². The third kappa shape index (κ3) is 3.78. The molecule has 2 aromatic rings. The predicted molar refractivity (Wildman–Crippen MR) is 74.5 cm³/mol. The molecule has 0 saturated carbocycles. The second kappa shape index (κ2) is 5.83. The monoisotopic (exact) mass is 281 g/mol. The molecule has 0 aromatic carbocycles. The summed E-state index contributed by atoms with van der Waals surface area (Å²) in [7, 11) is 3.70. The van der Waals surface area contributed by atoms with Crippen LogP contribution in [0.1, 0.15) is 6.92 Å². The summed E-state index contributed by atoms with van der Waals surface area (Å²) in [5.41, 5.74) is 0. The fourth-order valence-electron chi connectivity index (χ4n) is 1.58. The lowest BCUT2D eigenvalue weighted by molar-refractivity contribution is 0.614. The van der Waals surface area contributed by atoms with Crippen LogP contribution in [-0.4, -0.2) is 44.6 Å². The molecule has 1 N–H and O–H groups in total. The maximum Gasteiger partial charge on any atom is 0.230 e. The van der Waals surface area contributed by atoms with Gasteiger partial charge in [0.05, 0.1) is 6.33 Å². The highest BCUT2D eigenvalue weighted by Crippen LogP contribution is 2.12. The molecule has 2 rings (SSSR count). The van der Waals surface area contributed by atoms with Crippen LogP contribution in [0.5, 0.6) is 0 Å². The minimum atomic E-state index is 0.141. The number of hydrogen-bond donors (Lipinski definition) is 1. The van der Waals surface area contributed by atoms with E-state index in [2.05, 4.69) is 25.3 Å². The van der Waals surface area contributed by atoms with Gasteiger partial charge in [-0.25, -0.2) is 4.98 Å². The van der Waals surface area contributed by atoms with Crippen molar-refractivity contribution in [3.8, 4) is 0 Å². The Labute approximate surface area is 116 Å². The molecule has 0 bridgehead atoms. The lowest BCUT2D eigenvalue weighted by Crippen LogP contribution is -2.23. The van der Waals surface area contributed by atoms with Gasteiger partial charge in [0.2, 0.25) is 17.2 Å². The Kier molecular flexibility index (Phi) is 4.16. The van der Waals surface area contributed by atoms with Gasteiger partial charge in [0.15, 0.2) is 0 Å². The second-order valence-electron chi connectivity index (χ2n) is 4.43. The van der Waals surface area contributed by atoms with Gasteiger partial charge in [-0.05, 0) is 18.5 Å². The first-order valence-electron chi connectivity index (χ1n) is 5.86. The first kappa shape index (κ1) is 13.5. The molecule has 0 radical (unpaired) electrons. The van der Waals surface area contributed by atoms with E-state index in [-0.39, 0.29) is 11.3 Å². The molecule has 1 unspecified atom stereocenters. The van der Waals surface area contributed by atoms with Crippen molar-refractivity contribution in [3.05, 3.63) is 24.0 Å². The average molecular weight is 282 g/mol. The molecular formula is C11H16ClN7. The number of nitrogens with zero attached hydrogens (tertiary/aromatic N) is 6. The molecule has 2 heterocycles. The summed E-state index contributed by atoms with van der Waals surface area (Å²) in [6.45, 7) is 2.80. The van der Waals surface area contributed by atoms with E-state index in [9.17, 15) is 0 Å². The Bertz CT molecular complexity index is 526. The molecule has 0 aliphatic heterocycles. The van der Waals surface area contributed by atoms with Crippen molar-refractivity contribution in [2.75, 3.05) is 24.3 Å². The summed E-state index contributed by atoms with van der Waals surface area (Å²) in [6.07, 6.45) is 5.42. The average Bonchev–Trinajstić information content (AvgIpc) is 2.80. The van der Waals surface area contributed by atoms with Crippen LogP contribution in [-0.2, 0) is 6.54 Å². The van der Waals surface area contributed by atoms with Gasteiger partial charge in [-0.2, -0.15) is 15.0 Å². The molecule has 102 valence electrons. The first-order chi connectivity index (χ1) is 9.04. The topological polar surface area (TPSA) is 71.8 Å². The van der Waals surface area contributed by atoms with Crippen molar-refractivity contribution in [2.45, 2.75) is 19.5 Å². The number of imidazole rings is 1. The lowest BCUT2D eigenvalue weighted by Gasteiger charge is -2.16. The van der Waals surface area contributed by atoms with Crippen molar-refractivity contribution in [1.29, 1.82) is 0 Å². The number of anilines is 2. The van der Waals surface area contributed by atoms with Crippen molar-refractivity contribution in [2.24, 2.45) is 0 Å². The highest BCUT2D eigenvalue weighted by atomic mass is 35.5. The zero-order valence-corrected chi connectivity index (χ0v) is 11.8. The predicted octanol–water partition coefficient (Wildman–Crippen LogP) is 1.29. The van der Waals surface area contributed by atoms with Crippen molar-refractivity contribution in [1.82, 2.24) is 24.5 Å². The highest BCUT2D eigenvalue weighted by molar-refractivity contribution is 6.28. The first-order valence-corrected chi connectivity index (χ1v) is 6.23. The third-order valence-electron chi connectivity index (χ3n) is 2.42. The molecule has 1 atom stereocenters. The highest BCUT2D eigenvalue weighted by Gasteiger charge is 2.09. The maximum absolute atomic E-state index is 5.88. The maximum atomic E-state index is 5.88. The SMILES string of the molecule is CC(Cn1ccnc1)Nc1nc(Cl)nc(N(C)C)n1. The molecule has 0 amide bonds. The van der Waals surface area contributed by atoms with Gasteiger partial charge in [0.1, 0.15) is 0 Å². The Morgan fingerprint density at radius 2 is 2.16 bits per heavy atom. The largest absolute Gasteiger partial charge is 0.350 e. The van der Waals surface area contributed by atoms with Gasteiger partial charge in [-0.1, -0.05) is 0 Å². The van der Waals surface area contributed by atoms with E-state index in [4.69, 9.17) is 11.6 Å². The van der Waals surface area contributed by atoms with E-state index in [0.717, 1.165) is 6.54 Å². The summed E-state index contributed by atoms with van der Waals surface area (Å²) in [6, 6.07) is 0.141.